The molecule has 0 saturated carbocycles. The maximum Gasteiger partial charge on any atom is 0.329 e. The second-order valence-electron chi connectivity index (χ2n) is 9.28. The minimum Gasteiger partial charge on any atom is -0.460 e. The lowest BCUT2D eigenvalue weighted by Crippen LogP contribution is -2.55. The highest BCUT2D eigenvalue weighted by molar-refractivity contribution is 5.94. The molecule has 1 aliphatic heterocycles. The number of halogens is 1. The predicted octanol–water partition coefficient (Wildman–Crippen LogP) is 2.78. The number of hydrogen-bond acceptors (Lipinski definition) is 5. The summed E-state index contributed by atoms with van der Waals surface area (Å²) < 4.78 is 20.0. The van der Waals surface area contributed by atoms with Gasteiger partial charge in [0.15, 0.2) is 0 Å². The Labute approximate surface area is 206 Å². The van der Waals surface area contributed by atoms with Gasteiger partial charge < -0.3 is 20.7 Å². The van der Waals surface area contributed by atoms with Gasteiger partial charge in [0.1, 0.15) is 30.0 Å². The highest BCUT2D eigenvalue weighted by Crippen LogP contribution is 2.17. The van der Waals surface area contributed by atoms with E-state index in [2.05, 4.69) is 16.0 Å². The largest absolute Gasteiger partial charge is 0.460 e. The summed E-state index contributed by atoms with van der Waals surface area (Å²) in [5, 5.41) is 7.94. The number of ether oxygens (including phenoxy) is 1. The Morgan fingerprint density at radius 2 is 1.74 bits per heavy atom. The van der Waals surface area contributed by atoms with E-state index in [1.807, 2.05) is 20.8 Å². The van der Waals surface area contributed by atoms with Crippen LogP contribution in [0.5, 0.6) is 0 Å². The van der Waals surface area contributed by atoms with E-state index in [4.69, 9.17) is 4.74 Å². The summed E-state index contributed by atoms with van der Waals surface area (Å²) in [4.78, 5) is 51.8. The summed E-state index contributed by atoms with van der Waals surface area (Å²) in [5.41, 5.74) is 0.261. The van der Waals surface area contributed by atoms with Crippen molar-refractivity contribution in [2.75, 3.05) is 0 Å². The second-order valence-corrected chi connectivity index (χ2v) is 9.28. The number of amides is 3. The van der Waals surface area contributed by atoms with E-state index < -0.39 is 53.7 Å². The number of nitrogens with one attached hydrogen (secondary N) is 3. The Balaban J connectivity index is 2.35. The van der Waals surface area contributed by atoms with Crippen LogP contribution < -0.4 is 16.0 Å². The summed E-state index contributed by atoms with van der Waals surface area (Å²) in [5.74, 6) is -2.94. The van der Waals surface area contributed by atoms with Gasteiger partial charge in [-0.15, -0.1) is 0 Å². The van der Waals surface area contributed by atoms with E-state index in [1.54, 1.807) is 6.07 Å². The van der Waals surface area contributed by atoms with Crippen LogP contribution in [0.25, 0.3) is 0 Å². The minimum atomic E-state index is -1.10. The first-order chi connectivity index (χ1) is 16.7. The third-order valence-corrected chi connectivity index (χ3v) is 6.38. The number of esters is 1. The van der Waals surface area contributed by atoms with Gasteiger partial charge in [-0.3, -0.25) is 14.4 Å². The third-order valence-electron chi connectivity index (χ3n) is 6.38. The molecule has 0 spiro atoms. The summed E-state index contributed by atoms with van der Waals surface area (Å²) in [6.07, 6.45) is 2.81. The van der Waals surface area contributed by atoms with E-state index in [9.17, 15) is 23.6 Å². The minimum absolute atomic E-state index is 0.0889. The first-order valence-electron chi connectivity index (χ1n) is 12.5. The fraction of sp³-hybridized carbons (Fsp3) is 0.615. The van der Waals surface area contributed by atoms with Crippen molar-refractivity contribution in [3.63, 3.8) is 0 Å². The average molecular weight is 492 g/mol. The van der Waals surface area contributed by atoms with Crippen LogP contribution in [-0.4, -0.2) is 47.9 Å². The van der Waals surface area contributed by atoms with Crippen molar-refractivity contribution in [1.82, 2.24) is 16.0 Å². The molecule has 2 rings (SSSR count). The molecule has 1 heterocycles. The fourth-order valence-electron chi connectivity index (χ4n) is 3.94. The molecule has 8 nitrogen and oxygen atoms in total. The van der Waals surface area contributed by atoms with Crippen LogP contribution in [0.3, 0.4) is 0 Å². The van der Waals surface area contributed by atoms with Crippen LogP contribution in [-0.2, 0) is 30.3 Å². The molecule has 9 heteroatoms. The first-order valence-corrected chi connectivity index (χ1v) is 12.5. The van der Waals surface area contributed by atoms with Crippen molar-refractivity contribution in [2.45, 2.75) is 96.9 Å². The highest BCUT2D eigenvalue weighted by Gasteiger charge is 2.34. The molecule has 0 aliphatic carbocycles. The van der Waals surface area contributed by atoms with Crippen molar-refractivity contribution in [3.05, 3.63) is 35.6 Å². The third kappa shape index (κ3) is 8.64. The van der Waals surface area contributed by atoms with Crippen molar-refractivity contribution in [1.29, 1.82) is 0 Å². The lowest BCUT2D eigenvalue weighted by Gasteiger charge is -2.26. The molecular formula is C26H38FN3O5. The molecule has 1 aliphatic rings. The molecule has 0 radical (unpaired) electrons. The van der Waals surface area contributed by atoms with Gasteiger partial charge in [-0.05, 0) is 37.3 Å². The molecule has 3 amide bonds. The molecule has 0 aromatic heterocycles. The fourth-order valence-corrected chi connectivity index (χ4v) is 3.94. The van der Waals surface area contributed by atoms with Gasteiger partial charge in [-0.1, -0.05) is 58.2 Å². The standard InChI is InChI=1S/C26H38FN3O5/c1-5-7-8-12-19-15-22(31)29-21(14-18-11-9-10-13-20(18)27)25(33)28-17(4)24(32)30-23(16(3)6-2)26(34)35-19/h9-11,13,16-17,19,21,23H,5-8,12,14-15H2,1-4H3,(H,28,33)(H,29,31)(H,30,32)/t16-,17-,19+,21-,23+/m0/s1. The van der Waals surface area contributed by atoms with Crippen molar-refractivity contribution in [3.8, 4) is 0 Å². The lowest BCUT2D eigenvalue weighted by atomic mass is 9.98. The van der Waals surface area contributed by atoms with Crippen molar-refractivity contribution < 1.29 is 28.3 Å². The highest BCUT2D eigenvalue weighted by atomic mass is 19.1. The average Bonchev–Trinajstić information content (AvgIpc) is 2.82. The number of carbonyl (C=O) groups excluding carboxylic acids is 4. The first kappa shape index (κ1) is 28.3. The van der Waals surface area contributed by atoms with Crippen molar-refractivity contribution >= 4 is 23.7 Å². The molecule has 3 N–H and O–H groups in total. The Bertz CT molecular complexity index is 893. The van der Waals surface area contributed by atoms with E-state index in [-0.39, 0.29) is 24.3 Å². The Morgan fingerprint density at radius 3 is 2.40 bits per heavy atom. The van der Waals surface area contributed by atoms with Crippen LogP contribution in [0.4, 0.5) is 4.39 Å². The molecule has 1 saturated heterocycles. The Kier molecular flexibility index (Phi) is 11.1. The molecule has 1 aromatic carbocycles. The van der Waals surface area contributed by atoms with Crippen LogP contribution in [0.15, 0.2) is 24.3 Å². The van der Waals surface area contributed by atoms with E-state index >= 15 is 0 Å². The van der Waals surface area contributed by atoms with E-state index in [0.29, 0.717) is 12.8 Å². The summed E-state index contributed by atoms with van der Waals surface area (Å²) in [6.45, 7) is 7.26. The number of cyclic esters (lactones) is 1. The number of hydrogen-bond donors (Lipinski definition) is 3. The quantitative estimate of drug-likeness (QED) is 0.382. The van der Waals surface area contributed by atoms with Crippen molar-refractivity contribution in [2.24, 2.45) is 5.92 Å². The topological polar surface area (TPSA) is 114 Å². The Morgan fingerprint density at radius 1 is 1.03 bits per heavy atom. The lowest BCUT2D eigenvalue weighted by molar-refractivity contribution is -0.156. The Hall–Kier alpha value is -2.97. The van der Waals surface area contributed by atoms with Gasteiger partial charge in [0.05, 0.1) is 6.42 Å². The molecule has 5 atom stereocenters. The van der Waals surface area contributed by atoms with Crippen LogP contribution in [0.1, 0.15) is 71.8 Å². The smallest absolute Gasteiger partial charge is 0.329 e. The van der Waals surface area contributed by atoms with Crippen LogP contribution in [0, 0.1) is 11.7 Å². The van der Waals surface area contributed by atoms with E-state index in [0.717, 1.165) is 19.3 Å². The zero-order valence-corrected chi connectivity index (χ0v) is 21.1. The number of carbonyl (C=O) groups is 4. The summed E-state index contributed by atoms with van der Waals surface area (Å²) in [6, 6.07) is 3.01. The number of benzene rings is 1. The monoisotopic (exact) mass is 491 g/mol. The van der Waals surface area contributed by atoms with Gasteiger partial charge in [-0.2, -0.15) is 0 Å². The van der Waals surface area contributed by atoms with Gasteiger partial charge in [0.2, 0.25) is 17.7 Å². The van der Waals surface area contributed by atoms with Gasteiger partial charge >= 0.3 is 5.97 Å². The van der Waals surface area contributed by atoms with Gasteiger partial charge in [-0.25, -0.2) is 9.18 Å². The van der Waals surface area contributed by atoms with E-state index in [1.165, 1.54) is 25.1 Å². The molecule has 1 fully saturated rings. The predicted molar refractivity (Wildman–Crippen MR) is 130 cm³/mol. The maximum absolute atomic E-state index is 14.3. The molecule has 1 aromatic rings. The number of unbranched alkanes of at least 4 members (excludes halogenated alkanes) is 2. The molecule has 35 heavy (non-hydrogen) atoms. The number of rotatable bonds is 8. The maximum atomic E-state index is 14.3. The molecule has 0 bridgehead atoms. The summed E-state index contributed by atoms with van der Waals surface area (Å²) >= 11 is 0. The molecular weight excluding hydrogens is 453 g/mol. The van der Waals surface area contributed by atoms with Gasteiger partial charge in [0, 0.05) is 6.42 Å². The molecule has 0 unspecified atom stereocenters. The zero-order chi connectivity index (χ0) is 26.0. The molecule has 194 valence electrons. The second kappa shape index (κ2) is 13.8. The normalized spacial score (nSPS) is 25.2. The SMILES string of the molecule is CCCCC[C@@H]1CC(=O)N[C@@H](Cc2ccccc2F)C(=O)N[C@@H](C)C(=O)N[C@H]([C@@H](C)CC)C(=O)O1. The van der Waals surface area contributed by atoms with Crippen LogP contribution in [0.2, 0.25) is 0 Å². The summed E-state index contributed by atoms with van der Waals surface area (Å²) in [7, 11) is 0. The zero-order valence-electron chi connectivity index (χ0n) is 21.1. The van der Waals surface area contributed by atoms with Crippen LogP contribution >= 0.6 is 0 Å². The van der Waals surface area contributed by atoms with Gasteiger partial charge in [0.25, 0.3) is 0 Å².